The molecule has 0 unspecified atom stereocenters. The lowest BCUT2D eigenvalue weighted by Gasteiger charge is -2.31. The van der Waals surface area contributed by atoms with Gasteiger partial charge in [-0.1, -0.05) is 23.2 Å². The van der Waals surface area contributed by atoms with Crippen LogP contribution in [0.15, 0.2) is 18.2 Å². The number of hydrogen-bond acceptors (Lipinski definition) is 3. The first kappa shape index (κ1) is 12.2. The van der Waals surface area contributed by atoms with Crippen LogP contribution in [-0.4, -0.2) is 29.9 Å². The van der Waals surface area contributed by atoms with Crippen molar-refractivity contribution in [2.45, 2.75) is 0 Å². The Hall–Kier alpha value is -1.30. The second kappa shape index (κ2) is 4.52. The highest BCUT2D eigenvalue weighted by molar-refractivity contribution is 6.35. The summed E-state index contributed by atoms with van der Waals surface area (Å²) in [5.74, 6) is 4.75. The van der Waals surface area contributed by atoms with Crippen LogP contribution in [0.5, 0.6) is 0 Å². The maximum atomic E-state index is 11.7. The van der Waals surface area contributed by atoms with Crippen molar-refractivity contribution in [2.75, 3.05) is 18.0 Å². The zero-order chi connectivity index (χ0) is 12.6. The first-order valence-electron chi connectivity index (χ1n) is 4.79. The second-order valence-corrected chi connectivity index (χ2v) is 4.50. The maximum Gasteiger partial charge on any atom is 0.257 e. The fourth-order valence-electron chi connectivity index (χ4n) is 1.56. The van der Waals surface area contributed by atoms with Crippen LogP contribution in [0.4, 0.5) is 5.69 Å². The number of nitrogens with zero attached hydrogens (tertiary/aromatic N) is 2. The summed E-state index contributed by atoms with van der Waals surface area (Å²) in [4.78, 5) is 24.5. The van der Waals surface area contributed by atoms with E-state index in [0.717, 1.165) is 5.01 Å². The third-order valence-electron chi connectivity index (χ3n) is 2.38. The Balaban J connectivity index is 2.33. The molecule has 1 aromatic carbocycles. The molecule has 0 radical (unpaired) electrons. The second-order valence-electron chi connectivity index (χ2n) is 3.63. The molecule has 2 rings (SSSR count). The van der Waals surface area contributed by atoms with E-state index >= 15 is 0 Å². The van der Waals surface area contributed by atoms with Crippen LogP contribution in [0, 0.1) is 0 Å². The molecule has 0 saturated carbocycles. The van der Waals surface area contributed by atoms with E-state index in [9.17, 15) is 9.59 Å². The zero-order valence-electron chi connectivity index (χ0n) is 8.69. The molecule has 90 valence electrons. The largest absolute Gasteiger partial charge is 0.301 e. The van der Waals surface area contributed by atoms with Gasteiger partial charge in [-0.3, -0.25) is 14.6 Å². The van der Waals surface area contributed by atoms with Gasteiger partial charge in [-0.05, 0) is 18.2 Å². The zero-order valence-corrected chi connectivity index (χ0v) is 10.2. The van der Waals surface area contributed by atoms with Gasteiger partial charge >= 0.3 is 0 Å². The third-order valence-corrected chi connectivity index (χ3v) is 2.82. The number of hydrazine groups is 1. The number of anilines is 1. The molecule has 0 aliphatic carbocycles. The van der Waals surface area contributed by atoms with Gasteiger partial charge in [-0.15, -0.1) is 0 Å². The lowest BCUT2D eigenvalue weighted by molar-refractivity contribution is -0.138. The van der Waals surface area contributed by atoms with Crippen molar-refractivity contribution >= 4 is 40.7 Å². The van der Waals surface area contributed by atoms with E-state index in [2.05, 4.69) is 0 Å². The number of amides is 2. The summed E-state index contributed by atoms with van der Waals surface area (Å²) in [6.45, 7) is -0.255. The summed E-state index contributed by atoms with van der Waals surface area (Å²) in [7, 11) is 0. The number of hydrogen-bond donors (Lipinski definition) is 1. The van der Waals surface area contributed by atoms with E-state index in [1.165, 1.54) is 4.90 Å². The number of halogens is 2. The van der Waals surface area contributed by atoms with E-state index in [-0.39, 0.29) is 24.9 Å². The Kier molecular flexibility index (Phi) is 3.24. The Morgan fingerprint density at radius 1 is 1.00 bits per heavy atom. The first-order valence-corrected chi connectivity index (χ1v) is 5.54. The SMILES string of the molecule is NN1CC(=O)N(c2cc(Cl)cc(Cl)c2)CC1=O. The number of benzene rings is 1. The monoisotopic (exact) mass is 273 g/mol. The number of piperazine rings is 1. The molecular formula is C10H9Cl2N3O2. The molecule has 2 amide bonds. The minimum Gasteiger partial charge on any atom is -0.301 e. The van der Waals surface area contributed by atoms with Crippen LogP contribution in [-0.2, 0) is 9.59 Å². The van der Waals surface area contributed by atoms with E-state index < -0.39 is 0 Å². The minimum absolute atomic E-state index is 0.105. The molecule has 1 aliphatic rings. The molecule has 17 heavy (non-hydrogen) atoms. The minimum atomic E-state index is -0.333. The van der Waals surface area contributed by atoms with Gasteiger partial charge < -0.3 is 4.90 Å². The smallest absolute Gasteiger partial charge is 0.257 e. The average Bonchev–Trinajstić information content (AvgIpc) is 2.22. The van der Waals surface area contributed by atoms with E-state index in [1.807, 2.05) is 0 Å². The van der Waals surface area contributed by atoms with Crippen molar-refractivity contribution in [3.63, 3.8) is 0 Å². The predicted octanol–water partition coefficient (Wildman–Crippen LogP) is 1.04. The van der Waals surface area contributed by atoms with Crippen molar-refractivity contribution in [1.82, 2.24) is 5.01 Å². The van der Waals surface area contributed by atoms with E-state index in [0.29, 0.717) is 15.7 Å². The Morgan fingerprint density at radius 3 is 2.18 bits per heavy atom. The van der Waals surface area contributed by atoms with Crippen molar-refractivity contribution in [2.24, 2.45) is 5.84 Å². The molecule has 2 N–H and O–H groups in total. The Labute approximate surface area is 108 Å². The van der Waals surface area contributed by atoms with Crippen LogP contribution in [0.1, 0.15) is 0 Å². The molecule has 0 atom stereocenters. The highest BCUT2D eigenvalue weighted by Crippen LogP contribution is 2.26. The fourth-order valence-corrected chi connectivity index (χ4v) is 2.08. The van der Waals surface area contributed by atoms with Gasteiger partial charge in [0, 0.05) is 15.7 Å². The molecule has 7 heteroatoms. The summed E-state index contributed by atoms with van der Waals surface area (Å²) in [5.41, 5.74) is 0.494. The standard InChI is InChI=1S/C10H9Cl2N3O2/c11-6-1-7(12)3-8(2-6)14-4-10(17)15(13)5-9(14)16/h1-3H,4-5,13H2. The average molecular weight is 274 g/mol. The van der Waals surface area contributed by atoms with Gasteiger partial charge in [0.2, 0.25) is 5.91 Å². The van der Waals surface area contributed by atoms with Crippen molar-refractivity contribution in [1.29, 1.82) is 0 Å². The molecular weight excluding hydrogens is 265 g/mol. The quantitative estimate of drug-likeness (QED) is 0.614. The molecule has 5 nitrogen and oxygen atoms in total. The number of rotatable bonds is 1. The summed E-state index contributed by atoms with van der Waals surface area (Å²) < 4.78 is 0. The summed E-state index contributed by atoms with van der Waals surface area (Å²) in [5, 5.41) is 1.70. The van der Waals surface area contributed by atoms with Crippen molar-refractivity contribution < 1.29 is 9.59 Å². The molecule has 1 fully saturated rings. The van der Waals surface area contributed by atoms with Crippen LogP contribution in [0.3, 0.4) is 0 Å². The Morgan fingerprint density at radius 2 is 1.59 bits per heavy atom. The molecule has 1 aliphatic heterocycles. The van der Waals surface area contributed by atoms with Crippen LogP contribution >= 0.6 is 23.2 Å². The molecule has 0 spiro atoms. The lowest BCUT2D eigenvalue weighted by atomic mass is 10.2. The predicted molar refractivity (Wildman–Crippen MR) is 64.7 cm³/mol. The van der Waals surface area contributed by atoms with Gasteiger partial charge in [0.1, 0.15) is 13.1 Å². The third kappa shape index (κ3) is 2.52. The van der Waals surface area contributed by atoms with Crippen LogP contribution < -0.4 is 10.7 Å². The van der Waals surface area contributed by atoms with Crippen LogP contribution in [0.25, 0.3) is 0 Å². The molecule has 0 aromatic heterocycles. The maximum absolute atomic E-state index is 11.7. The lowest BCUT2D eigenvalue weighted by Crippen LogP contribution is -2.56. The van der Waals surface area contributed by atoms with E-state index in [1.54, 1.807) is 18.2 Å². The van der Waals surface area contributed by atoms with Gasteiger partial charge in [0.05, 0.1) is 0 Å². The first-order chi connectivity index (χ1) is 7.97. The molecule has 1 heterocycles. The Bertz CT molecular complexity index is 472. The summed E-state index contributed by atoms with van der Waals surface area (Å²) in [6.07, 6.45) is 0. The number of carbonyl (C=O) groups is 2. The fraction of sp³-hybridized carbons (Fsp3) is 0.200. The normalized spacial score (nSPS) is 16.6. The number of carbonyl (C=O) groups excluding carboxylic acids is 2. The summed E-state index contributed by atoms with van der Waals surface area (Å²) >= 11 is 11.7. The molecule has 1 saturated heterocycles. The van der Waals surface area contributed by atoms with Crippen molar-refractivity contribution in [3.05, 3.63) is 28.2 Å². The highest BCUT2D eigenvalue weighted by atomic mass is 35.5. The number of nitrogens with two attached hydrogens (primary N) is 1. The van der Waals surface area contributed by atoms with Crippen LogP contribution in [0.2, 0.25) is 10.0 Å². The highest BCUT2D eigenvalue weighted by Gasteiger charge is 2.29. The molecule has 1 aromatic rings. The molecule has 0 bridgehead atoms. The van der Waals surface area contributed by atoms with Gasteiger partial charge in [0.15, 0.2) is 0 Å². The summed E-state index contributed by atoms with van der Waals surface area (Å²) in [6, 6.07) is 4.70. The van der Waals surface area contributed by atoms with Gasteiger partial charge in [-0.25, -0.2) is 5.84 Å². The topological polar surface area (TPSA) is 66.6 Å². The van der Waals surface area contributed by atoms with Crippen molar-refractivity contribution in [3.8, 4) is 0 Å². The van der Waals surface area contributed by atoms with E-state index in [4.69, 9.17) is 29.0 Å². The van der Waals surface area contributed by atoms with Gasteiger partial charge in [0.25, 0.3) is 5.91 Å². The van der Waals surface area contributed by atoms with Gasteiger partial charge in [-0.2, -0.15) is 0 Å².